The van der Waals surface area contributed by atoms with Crippen molar-refractivity contribution < 1.29 is 5.11 Å². The lowest BCUT2D eigenvalue weighted by molar-refractivity contribution is 0.219. The minimum Gasteiger partial charge on any atom is -0.396 e. The third-order valence-corrected chi connectivity index (χ3v) is 4.53. The van der Waals surface area contributed by atoms with Gasteiger partial charge in [0.2, 0.25) is 0 Å². The molecule has 0 bridgehead atoms. The molecule has 19 heavy (non-hydrogen) atoms. The summed E-state index contributed by atoms with van der Waals surface area (Å²) in [6.45, 7) is 3.28. The van der Waals surface area contributed by atoms with Crippen LogP contribution in [0.5, 0.6) is 0 Å². The molecule has 2 heterocycles. The standard InChI is InChI=1S/C15H18N2OS/c18-10-12-6-7-17(8-12)9-14-11-19-15(16-14)13-4-2-1-3-5-13/h1-5,11-12,18H,6-10H2. The van der Waals surface area contributed by atoms with Gasteiger partial charge in [0.05, 0.1) is 5.69 Å². The molecule has 0 spiro atoms. The number of aromatic nitrogens is 1. The Balaban J connectivity index is 1.66. The fraction of sp³-hybridized carbons (Fsp3) is 0.400. The first-order valence-electron chi connectivity index (χ1n) is 6.68. The summed E-state index contributed by atoms with van der Waals surface area (Å²) in [5.74, 6) is 0.451. The molecule has 100 valence electrons. The van der Waals surface area contributed by atoms with E-state index in [0.29, 0.717) is 12.5 Å². The molecule has 1 unspecified atom stereocenters. The van der Waals surface area contributed by atoms with Gasteiger partial charge in [-0.25, -0.2) is 4.98 Å². The van der Waals surface area contributed by atoms with Crippen LogP contribution in [0, 0.1) is 5.92 Å². The Morgan fingerprint density at radius 2 is 2.16 bits per heavy atom. The minimum atomic E-state index is 0.308. The lowest BCUT2D eigenvalue weighted by Gasteiger charge is -2.13. The summed E-state index contributed by atoms with van der Waals surface area (Å²) in [7, 11) is 0. The SMILES string of the molecule is OCC1CCN(Cc2csc(-c3ccccc3)n2)C1. The summed E-state index contributed by atoms with van der Waals surface area (Å²) < 4.78 is 0. The number of aliphatic hydroxyl groups excluding tert-OH is 1. The molecule has 1 aromatic carbocycles. The van der Waals surface area contributed by atoms with Crippen molar-refractivity contribution in [3.63, 3.8) is 0 Å². The lowest BCUT2D eigenvalue weighted by atomic mass is 10.1. The van der Waals surface area contributed by atoms with Crippen molar-refractivity contribution >= 4 is 11.3 Å². The van der Waals surface area contributed by atoms with E-state index in [1.54, 1.807) is 11.3 Å². The van der Waals surface area contributed by atoms with Gasteiger partial charge in [0.25, 0.3) is 0 Å². The number of nitrogens with zero attached hydrogens (tertiary/aromatic N) is 2. The Labute approximate surface area is 117 Å². The van der Waals surface area contributed by atoms with E-state index in [-0.39, 0.29) is 0 Å². The van der Waals surface area contributed by atoms with Gasteiger partial charge in [-0.3, -0.25) is 4.90 Å². The zero-order valence-electron chi connectivity index (χ0n) is 10.8. The van der Waals surface area contributed by atoms with Crippen LogP contribution in [0.2, 0.25) is 0 Å². The van der Waals surface area contributed by atoms with Crippen molar-refractivity contribution in [1.82, 2.24) is 9.88 Å². The van der Waals surface area contributed by atoms with Gasteiger partial charge in [-0.1, -0.05) is 30.3 Å². The van der Waals surface area contributed by atoms with Crippen LogP contribution in [-0.2, 0) is 6.54 Å². The molecule has 4 heteroatoms. The van der Waals surface area contributed by atoms with E-state index in [0.717, 1.165) is 36.8 Å². The highest BCUT2D eigenvalue weighted by Gasteiger charge is 2.22. The second kappa shape index (κ2) is 5.82. The average Bonchev–Trinajstić information content (AvgIpc) is 3.09. The molecular formula is C15H18N2OS. The van der Waals surface area contributed by atoms with Crippen molar-refractivity contribution in [2.75, 3.05) is 19.7 Å². The molecule has 1 saturated heterocycles. The molecule has 1 aliphatic heterocycles. The largest absolute Gasteiger partial charge is 0.396 e. The van der Waals surface area contributed by atoms with Gasteiger partial charge in [0, 0.05) is 30.6 Å². The van der Waals surface area contributed by atoms with E-state index in [4.69, 9.17) is 10.1 Å². The molecule has 0 amide bonds. The molecular weight excluding hydrogens is 256 g/mol. The van der Waals surface area contributed by atoms with Gasteiger partial charge in [0.15, 0.2) is 0 Å². The average molecular weight is 274 g/mol. The maximum Gasteiger partial charge on any atom is 0.123 e. The molecule has 3 nitrogen and oxygen atoms in total. The Bertz CT molecular complexity index is 526. The number of thiazole rings is 1. The molecule has 1 N–H and O–H groups in total. The van der Waals surface area contributed by atoms with Crippen molar-refractivity contribution in [2.45, 2.75) is 13.0 Å². The number of likely N-dealkylation sites (tertiary alicyclic amines) is 1. The molecule has 2 aromatic rings. The Morgan fingerprint density at radius 3 is 2.89 bits per heavy atom. The molecule has 1 fully saturated rings. The topological polar surface area (TPSA) is 36.4 Å². The molecule has 0 saturated carbocycles. The Hall–Kier alpha value is -1.23. The van der Waals surface area contributed by atoms with Crippen molar-refractivity contribution in [2.24, 2.45) is 5.92 Å². The summed E-state index contributed by atoms with van der Waals surface area (Å²) in [4.78, 5) is 7.09. The van der Waals surface area contributed by atoms with Gasteiger partial charge < -0.3 is 5.11 Å². The Morgan fingerprint density at radius 1 is 1.32 bits per heavy atom. The van der Waals surface area contributed by atoms with Crippen LogP contribution in [-0.4, -0.2) is 34.7 Å². The normalized spacial score (nSPS) is 19.9. The number of rotatable bonds is 4. The van der Waals surface area contributed by atoms with Crippen molar-refractivity contribution in [3.05, 3.63) is 41.4 Å². The van der Waals surface area contributed by atoms with E-state index in [1.165, 1.54) is 5.56 Å². The second-order valence-electron chi connectivity index (χ2n) is 5.08. The van der Waals surface area contributed by atoms with Crippen LogP contribution >= 0.6 is 11.3 Å². The first kappa shape index (κ1) is 12.8. The fourth-order valence-corrected chi connectivity index (χ4v) is 3.34. The number of hydrogen-bond donors (Lipinski definition) is 1. The van der Waals surface area contributed by atoms with Crippen molar-refractivity contribution in [1.29, 1.82) is 0 Å². The first-order chi connectivity index (χ1) is 9.35. The summed E-state index contributed by atoms with van der Waals surface area (Å²) in [6.07, 6.45) is 1.10. The summed E-state index contributed by atoms with van der Waals surface area (Å²) >= 11 is 1.71. The summed E-state index contributed by atoms with van der Waals surface area (Å²) in [5, 5.41) is 12.4. The van der Waals surface area contributed by atoms with Crippen LogP contribution in [0.1, 0.15) is 12.1 Å². The highest BCUT2D eigenvalue weighted by Crippen LogP contribution is 2.25. The van der Waals surface area contributed by atoms with Crippen LogP contribution in [0.15, 0.2) is 35.7 Å². The zero-order chi connectivity index (χ0) is 13.1. The van der Waals surface area contributed by atoms with Crippen molar-refractivity contribution in [3.8, 4) is 10.6 Å². The van der Waals surface area contributed by atoms with E-state index in [1.807, 2.05) is 18.2 Å². The highest BCUT2D eigenvalue weighted by molar-refractivity contribution is 7.13. The van der Waals surface area contributed by atoms with Gasteiger partial charge in [0.1, 0.15) is 5.01 Å². The van der Waals surface area contributed by atoms with Gasteiger partial charge >= 0.3 is 0 Å². The molecule has 1 aliphatic rings. The maximum atomic E-state index is 9.16. The van der Waals surface area contributed by atoms with E-state index < -0.39 is 0 Å². The summed E-state index contributed by atoms with van der Waals surface area (Å²) in [6, 6.07) is 10.3. The van der Waals surface area contributed by atoms with Gasteiger partial charge in [-0.15, -0.1) is 11.3 Å². The van der Waals surface area contributed by atoms with E-state index >= 15 is 0 Å². The first-order valence-corrected chi connectivity index (χ1v) is 7.56. The van der Waals surface area contributed by atoms with Gasteiger partial charge in [-0.05, 0) is 18.9 Å². The van der Waals surface area contributed by atoms with Gasteiger partial charge in [-0.2, -0.15) is 0 Å². The highest BCUT2D eigenvalue weighted by atomic mass is 32.1. The third-order valence-electron chi connectivity index (χ3n) is 3.59. The maximum absolute atomic E-state index is 9.16. The number of hydrogen-bond acceptors (Lipinski definition) is 4. The minimum absolute atomic E-state index is 0.308. The van der Waals surface area contributed by atoms with Crippen LogP contribution in [0.3, 0.4) is 0 Å². The third kappa shape index (κ3) is 3.03. The number of aliphatic hydroxyl groups is 1. The van der Waals surface area contributed by atoms with Crippen LogP contribution < -0.4 is 0 Å². The number of benzene rings is 1. The smallest absolute Gasteiger partial charge is 0.123 e. The van der Waals surface area contributed by atoms with Crippen LogP contribution in [0.25, 0.3) is 10.6 Å². The van der Waals surface area contributed by atoms with Crippen LogP contribution in [0.4, 0.5) is 0 Å². The second-order valence-corrected chi connectivity index (χ2v) is 5.94. The summed E-state index contributed by atoms with van der Waals surface area (Å²) in [5.41, 5.74) is 2.33. The molecule has 0 radical (unpaired) electrons. The molecule has 0 aliphatic carbocycles. The molecule has 1 aromatic heterocycles. The quantitative estimate of drug-likeness (QED) is 0.931. The predicted octanol–water partition coefficient (Wildman–Crippen LogP) is 2.62. The van der Waals surface area contributed by atoms with E-state index in [2.05, 4.69) is 22.4 Å². The molecule has 3 rings (SSSR count). The van der Waals surface area contributed by atoms with E-state index in [9.17, 15) is 0 Å². The zero-order valence-corrected chi connectivity index (χ0v) is 11.6. The predicted molar refractivity (Wildman–Crippen MR) is 78.0 cm³/mol. The fourth-order valence-electron chi connectivity index (χ4n) is 2.53. The molecule has 1 atom stereocenters. The Kier molecular flexibility index (Phi) is 3.92. The lowest BCUT2D eigenvalue weighted by Crippen LogP contribution is -2.21. The monoisotopic (exact) mass is 274 g/mol.